The largest absolute Gasteiger partial charge is 0.491 e. The van der Waals surface area contributed by atoms with E-state index in [4.69, 9.17) is 4.74 Å². The van der Waals surface area contributed by atoms with E-state index in [1.54, 1.807) is 0 Å². The fourth-order valence-electron chi connectivity index (χ4n) is 3.12. The maximum atomic E-state index is 5.75. The Balaban J connectivity index is 2.28. The normalized spacial score (nSPS) is 16.1. The fraction of sp³-hybridized carbons (Fsp3) is 0.647. The molecule has 0 saturated carbocycles. The molecule has 0 atom stereocenters. The molecule has 0 saturated heterocycles. The molecule has 0 amide bonds. The zero-order valence-corrected chi connectivity index (χ0v) is 13.0. The topological polar surface area (TPSA) is 21.3 Å². The third-order valence-corrected chi connectivity index (χ3v) is 3.63. The van der Waals surface area contributed by atoms with Crippen LogP contribution in [-0.4, -0.2) is 13.2 Å². The van der Waals surface area contributed by atoms with E-state index in [-0.39, 0.29) is 5.41 Å². The summed E-state index contributed by atoms with van der Waals surface area (Å²) in [6.07, 6.45) is 2.23. The van der Waals surface area contributed by atoms with Crippen LogP contribution < -0.4 is 10.1 Å². The van der Waals surface area contributed by atoms with E-state index in [2.05, 4.69) is 58.1 Å². The van der Waals surface area contributed by atoms with Crippen LogP contribution in [0.25, 0.3) is 0 Å². The van der Waals surface area contributed by atoms with Crippen molar-refractivity contribution in [3.05, 3.63) is 23.8 Å². The third kappa shape index (κ3) is 3.65. The summed E-state index contributed by atoms with van der Waals surface area (Å²) in [5, 5.41) is 3.48. The van der Waals surface area contributed by atoms with E-state index >= 15 is 0 Å². The summed E-state index contributed by atoms with van der Waals surface area (Å²) < 4.78 is 5.75. The third-order valence-electron chi connectivity index (χ3n) is 3.63. The van der Waals surface area contributed by atoms with Gasteiger partial charge in [0.05, 0.1) is 12.3 Å². The highest BCUT2D eigenvalue weighted by Crippen LogP contribution is 2.39. The highest BCUT2D eigenvalue weighted by molar-refractivity contribution is 5.59. The Morgan fingerprint density at radius 1 is 1.16 bits per heavy atom. The molecule has 1 aliphatic heterocycles. The van der Waals surface area contributed by atoms with Gasteiger partial charge in [-0.25, -0.2) is 0 Å². The van der Waals surface area contributed by atoms with Crippen LogP contribution >= 0.6 is 0 Å². The van der Waals surface area contributed by atoms with Gasteiger partial charge in [0.1, 0.15) is 5.75 Å². The number of hydrogen-bond donors (Lipinski definition) is 1. The zero-order chi connectivity index (χ0) is 14.1. The predicted octanol–water partition coefficient (Wildman–Crippen LogP) is 4.59. The van der Waals surface area contributed by atoms with Gasteiger partial charge in [0.15, 0.2) is 0 Å². The molecule has 1 aromatic carbocycles. The van der Waals surface area contributed by atoms with Crippen LogP contribution in [0.1, 0.15) is 53.0 Å². The zero-order valence-electron chi connectivity index (χ0n) is 13.0. The molecule has 0 fully saturated rings. The van der Waals surface area contributed by atoms with Crippen LogP contribution in [0, 0.1) is 5.41 Å². The molecule has 0 aromatic heterocycles. The van der Waals surface area contributed by atoms with Gasteiger partial charge >= 0.3 is 0 Å². The first kappa shape index (κ1) is 14.2. The Morgan fingerprint density at radius 3 is 2.58 bits per heavy atom. The lowest BCUT2D eigenvalue weighted by atomic mass is 9.72. The summed E-state index contributed by atoms with van der Waals surface area (Å²) in [6, 6.07) is 6.61. The van der Waals surface area contributed by atoms with Crippen molar-refractivity contribution in [3.63, 3.8) is 0 Å². The second-order valence-electron chi connectivity index (χ2n) is 7.46. The summed E-state index contributed by atoms with van der Waals surface area (Å²) in [5.41, 5.74) is 3.05. The maximum Gasteiger partial charge on any atom is 0.142 e. The number of rotatable bonds is 2. The minimum atomic E-state index is 0.182. The predicted molar refractivity (Wildman–Crippen MR) is 82.1 cm³/mol. The Morgan fingerprint density at radius 2 is 1.89 bits per heavy atom. The molecule has 2 heteroatoms. The van der Waals surface area contributed by atoms with Crippen LogP contribution in [0.3, 0.4) is 0 Å². The molecule has 19 heavy (non-hydrogen) atoms. The lowest BCUT2D eigenvalue weighted by molar-refractivity contribution is 0.284. The Labute approximate surface area is 117 Å². The van der Waals surface area contributed by atoms with Crippen molar-refractivity contribution in [1.29, 1.82) is 0 Å². The van der Waals surface area contributed by atoms with Gasteiger partial charge in [-0.2, -0.15) is 0 Å². The summed E-state index contributed by atoms with van der Waals surface area (Å²) >= 11 is 0. The summed E-state index contributed by atoms with van der Waals surface area (Å²) in [4.78, 5) is 0. The van der Waals surface area contributed by atoms with E-state index in [0.29, 0.717) is 5.41 Å². The molecule has 2 nitrogen and oxygen atoms in total. The smallest absolute Gasteiger partial charge is 0.142 e. The standard InChI is InChI=1S/C17H27NO/c1-16(2,3)12-17(4,5)13-7-8-15-14(11-13)18-9-6-10-19-15/h7-8,11,18H,6,9-10,12H2,1-5H3. The molecule has 0 bridgehead atoms. The van der Waals surface area contributed by atoms with Crippen molar-refractivity contribution < 1.29 is 4.74 Å². The van der Waals surface area contributed by atoms with Gasteiger partial charge in [-0.3, -0.25) is 0 Å². The lowest BCUT2D eigenvalue weighted by Gasteiger charge is -2.33. The van der Waals surface area contributed by atoms with Crippen molar-refractivity contribution in [2.45, 2.75) is 52.9 Å². The molecule has 0 spiro atoms. The van der Waals surface area contributed by atoms with Crippen LogP contribution in [0.2, 0.25) is 0 Å². The van der Waals surface area contributed by atoms with Crippen molar-refractivity contribution in [2.24, 2.45) is 5.41 Å². The van der Waals surface area contributed by atoms with E-state index in [0.717, 1.165) is 31.0 Å². The van der Waals surface area contributed by atoms with E-state index in [1.165, 1.54) is 12.0 Å². The van der Waals surface area contributed by atoms with Crippen molar-refractivity contribution in [3.8, 4) is 5.75 Å². The maximum absolute atomic E-state index is 5.75. The van der Waals surface area contributed by atoms with Gasteiger partial charge in [-0.05, 0) is 41.4 Å². The monoisotopic (exact) mass is 261 g/mol. The molecule has 1 aromatic rings. The highest BCUT2D eigenvalue weighted by atomic mass is 16.5. The van der Waals surface area contributed by atoms with Crippen LogP contribution in [0.15, 0.2) is 18.2 Å². The molecule has 1 aliphatic rings. The van der Waals surface area contributed by atoms with Crippen LogP contribution in [0.5, 0.6) is 5.75 Å². The molecule has 1 heterocycles. The van der Waals surface area contributed by atoms with Gasteiger partial charge < -0.3 is 10.1 Å². The summed E-state index contributed by atoms with van der Waals surface area (Å²) in [7, 11) is 0. The quantitative estimate of drug-likeness (QED) is 0.840. The van der Waals surface area contributed by atoms with E-state index < -0.39 is 0 Å². The second kappa shape index (κ2) is 5.07. The highest BCUT2D eigenvalue weighted by Gasteiger charge is 2.28. The Bertz CT molecular complexity index is 443. The molecular weight excluding hydrogens is 234 g/mol. The first-order chi connectivity index (χ1) is 8.78. The minimum absolute atomic E-state index is 0.182. The molecule has 0 unspecified atom stereocenters. The first-order valence-electron chi connectivity index (χ1n) is 7.29. The minimum Gasteiger partial charge on any atom is -0.491 e. The number of fused-ring (bicyclic) bond motifs is 1. The Hall–Kier alpha value is -1.18. The van der Waals surface area contributed by atoms with E-state index in [9.17, 15) is 0 Å². The van der Waals surface area contributed by atoms with Crippen molar-refractivity contribution in [2.75, 3.05) is 18.5 Å². The van der Waals surface area contributed by atoms with Gasteiger partial charge in [-0.15, -0.1) is 0 Å². The lowest BCUT2D eigenvalue weighted by Crippen LogP contribution is -2.24. The van der Waals surface area contributed by atoms with E-state index in [1.807, 2.05) is 0 Å². The van der Waals surface area contributed by atoms with Gasteiger partial charge in [0.2, 0.25) is 0 Å². The van der Waals surface area contributed by atoms with Gasteiger partial charge in [0.25, 0.3) is 0 Å². The number of anilines is 1. The Kier molecular flexibility index (Phi) is 3.80. The SMILES string of the molecule is CC(C)(C)CC(C)(C)c1ccc2c(c1)NCCCO2. The molecule has 0 aliphatic carbocycles. The summed E-state index contributed by atoms with van der Waals surface area (Å²) in [6.45, 7) is 13.4. The van der Waals surface area contributed by atoms with Crippen LogP contribution in [-0.2, 0) is 5.41 Å². The average molecular weight is 261 g/mol. The van der Waals surface area contributed by atoms with Crippen LogP contribution in [0.4, 0.5) is 5.69 Å². The summed E-state index contributed by atoms with van der Waals surface area (Å²) in [5.74, 6) is 0.993. The number of ether oxygens (including phenoxy) is 1. The number of nitrogens with one attached hydrogen (secondary N) is 1. The first-order valence-corrected chi connectivity index (χ1v) is 7.29. The van der Waals surface area contributed by atoms with Crippen molar-refractivity contribution >= 4 is 5.69 Å². The van der Waals surface area contributed by atoms with Gasteiger partial charge in [0, 0.05) is 6.54 Å². The van der Waals surface area contributed by atoms with Gasteiger partial charge in [-0.1, -0.05) is 40.7 Å². The number of hydrogen-bond acceptors (Lipinski definition) is 2. The number of benzene rings is 1. The molecule has 0 radical (unpaired) electrons. The molecular formula is C17H27NO. The van der Waals surface area contributed by atoms with Crippen molar-refractivity contribution in [1.82, 2.24) is 0 Å². The average Bonchev–Trinajstić information content (AvgIpc) is 2.49. The second-order valence-corrected chi connectivity index (χ2v) is 7.46. The molecule has 106 valence electrons. The molecule has 1 N–H and O–H groups in total. The fourth-order valence-corrected chi connectivity index (χ4v) is 3.12. The molecule has 2 rings (SSSR count).